The molecule has 0 radical (unpaired) electrons. The van der Waals surface area contributed by atoms with Gasteiger partial charge >= 0.3 is 11.9 Å². The molecule has 158 valence electrons. The average molecular weight is 414 g/mol. The molecule has 1 fully saturated rings. The molecule has 8 heteroatoms. The van der Waals surface area contributed by atoms with Gasteiger partial charge in [-0.3, -0.25) is 19.2 Å². The number of hydrogen-bond acceptors (Lipinski definition) is 8. The van der Waals surface area contributed by atoms with Crippen molar-refractivity contribution < 1.29 is 37.5 Å². The highest BCUT2D eigenvalue weighted by Crippen LogP contribution is 2.49. The Morgan fingerprint density at radius 2 is 2.03 bits per heavy atom. The molecule has 3 heterocycles. The van der Waals surface area contributed by atoms with Crippen LogP contribution in [0.3, 0.4) is 0 Å². The van der Waals surface area contributed by atoms with Gasteiger partial charge in [-0.15, -0.1) is 0 Å². The second-order valence-corrected chi connectivity index (χ2v) is 7.95. The zero-order chi connectivity index (χ0) is 21.5. The molecule has 0 unspecified atom stereocenters. The van der Waals surface area contributed by atoms with Crippen molar-refractivity contribution >= 4 is 23.5 Å². The summed E-state index contributed by atoms with van der Waals surface area (Å²) in [5, 5.41) is 0. The Morgan fingerprint density at radius 3 is 2.70 bits per heavy atom. The summed E-state index contributed by atoms with van der Waals surface area (Å²) in [5.41, 5.74) is 0.458. The summed E-state index contributed by atoms with van der Waals surface area (Å²) in [7, 11) is 0. The standard InChI is InChI=1S/C22H22O8/c1-12(23)7-18-15-8-22(9-19(30-21(22)26)14-5-6-27-10-14)20(25)4-3-17(29-13(2)24)16(15)11-28-18/h5-6,10-11,17,19H,3-4,7-9H2,1-2H3/t17-,19-,22+/m0/s1. The minimum absolute atomic E-state index is 0.0204. The van der Waals surface area contributed by atoms with E-state index in [1.807, 2.05) is 0 Å². The number of esters is 2. The van der Waals surface area contributed by atoms with E-state index in [0.29, 0.717) is 22.5 Å². The van der Waals surface area contributed by atoms with E-state index in [0.717, 1.165) is 0 Å². The maximum absolute atomic E-state index is 13.3. The molecule has 1 aliphatic carbocycles. The summed E-state index contributed by atoms with van der Waals surface area (Å²) in [4.78, 5) is 49.6. The molecule has 0 aromatic carbocycles. The molecular weight excluding hydrogens is 392 g/mol. The SMILES string of the molecule is CC(=O)Cc1occ2c1C[C@@]1(C[C@@H](c3ccoc3)OC1=O)C(=O)CC[C@@H]2OC(C)=O. The summed E-state index contributed by atoms with van der Waals surface area (Å²) >= 11 is 0. The van der Waals surface area contributed by atoms with E-state index < -0.39 is 29.6 Å². The molecule has 30 heavy (non-hydrogen) atoms. The van der Waals surface area contributed by atoms with E-state index in [-0.39, 0.29) is 43.7 Å². The van der Waals surface area contributed by atoms with Gasteiger partial charge in [-0.25, -0.2) is 0 Å². The number of Topliss-reactive ketones (excluding diaryl/α,β-unsaturated/α-hetero) is 2. The Kier molecular flexibility index (Phi) is 5.09. The van der Waals surface area contributed by atoms with Crippen LogP contribution in [0, 0.1) is 5.41 Å². The van der Waals surface area contributed by atoms with Crippen LogP contribution in [0.15, 0.2) is 33.7 Å². The van der Waals surface area contributed by atoms with Crippen molar-refractivity contribution in [1.82, 2.24) is 0 Å². The molecule has 1 spiro atoms. The fraction of sp³-hybridized carbons (Fsp3) is 0.455. The van der Waals surface area contributed by atoms with Gasteiger partial charge in [-0.05, 0) is 25.8 Å². The summed E-state index contributed by atoms with van der Waals surface area (Å²) in [6.07, 6.45) is 3.67. The Balaban J connectivity index is 1.76. The van der Waals surface area contributed by atoms with E-state index in [1.165, 1.54) is 32.6 Å². The number of furan rings is 2. The number of ketones is 2. The molecule has 1 aliphatic heterocycles. The molecule has 0 amide bonds. The fourth-order valence-corrected chi connectivity index (χ4v) is 4.36. The van der Waals surface area contributed by atoms with E-state index in [1.54, 1.807) is 6.07 Å². The van der Waals surface area contributed by atoms with Crippen LogP contribution in [0.25, 0.3) is 0 Å². The lowest BCUT2D eigenvalue weighted by Gasteiger charge is -2.28. The molecule has 8 nitrogen and oxygen atoms in total. The fourth-order valence-electron chi connectivity index (χ4n) is 4.36. The minimum Gasteiger partial charge on any atom is -0.472 e. The van der Waals surface area contributed by atoms with Crippen LogP contribution in [0.1, 0.15) is 67.8 Å². The first-order valence-electron chi connectivity index (χ1n) is 9.82. The van der Waals surface area contributed by atoms with Gasteiger partial charge in [-0.1, -0.05) is 0 Å². The van der Waals surface area contributed by atoms with E-state index in [9.17, 15) is 19.2 Å². The molecule has 4 rings (SSSR count). The second-order valence-electron chi connectivity index (χ2n) is 7.95. The van der Waals surface area contributed by atoms with E-state index >= 15 is 0 Å². The van der Waals surface area contributed by atoms with Gasteiger partial charge in [0, 0.05) is 36.5 Å². The predicted octanol–water partition coefficient (Wildman–Crippen LogP) is 3.19. The minimum atomic E-state index is -1.38. The van der Waals surface area contributed by atoms with Crippen LogP contribution in [0.5, 0.6) is 0 Å². The molecule has 2 aromatic heterocycles. The van der Waals surface area contributed by atoms with Crippen LogP contribution in [0.4, 0.5) is 0 Å². The predicted molar refractivity (Wildman–Crippen MR) is 100 cm³/mol. The highest BCUT2D eigenvalue weighted by atomic mass is 16.6. The molecule has 2 aliphatic rings. The topological polar surface area (TPSA) is 113 Å². The first-order valence-corrected chi connectivity index (χ1v) is 9.82. The zero-order valence-corrected chi connectivity index (χ0v) is 16.8. The van der Waals surface area contributed by atoms with Crippen molar-refractivity contribution in [3.8, 4) is 0 Å². The lowest BCUT2D eigenvalue weighted by atomic mass is 9.71. The number of ether oxygens (including phenoxy) is 2. The third-order valence-corrected chi connectivity index (χ3v) is 5.81. The Hall–Kier alpha value is -3.16. The summed E-state index contributed by atoms with van der Waals surface area (Å²) in [6.45, 7) is 2.73. The van der Waals surface area contributed by atoms with Crippen LogP contribution in [0.2, 0.25) is 0 Å². The third kappa shape index (κ3) is 3.46. The zero-order valence-electron chi connectivity index (χ0n) is 16.8. The molecule has 2 aromatic rings. The average Bonchev–Trinajstić information content (AvgIpc) is 3.38. The smallest absolute Gasteiger partial charge is 0.320 e. The summed E-state index contributed by atoms with van der Waals surface area (Å²) < 4.78 is 21.7. The van der Waals surface area contributed by atoms with Gasteiger partial charge < -0.3 is 18.3 Å². The lowest BCUT2D eigenvalue weighted by Crippen LogP contribution is -2.40. The molecule has 0 bridgehead atoms. The highest BCUT2D eigenvalue weighted by Gasteiger charge is 2.56. The van der Waals surface area contributed by atoms with Gasteiger partial charge in [0.05, 0.1) is 25.2 Å². The van der Waals surface area contributed by atoms with E-state index in [4.69, 9.17) is 18.3 Å². The van der Waals surface area contributed by atoms with Crippen molar-refractivity contribution in [2.24, 2.45) is 5.41 Å². The Bertz CT molecular complexity index is 999. The largest absolute Gasteiger partial charge is 0.472 e. The van der Waals surface area contributed by atoms with Crippen molar-refractivity contribution in [1.29, 1.82) is 0 Å². The quantitative estimate of drug-likeness (QED) is 0.554. The van der Waals surface area contributed by atoms with Gasteiger partial charge in [0.2, 0.25) is 0 Å². The first kappa shape index (κ1) is 20.1. The molecule has 0 saturated carbocycles. The second kappa shape index (κ2) is 7.59. The third-order valence-electron chi connectivity index (χ3n) is 5.81. The number of hydrogen-bond donors (Lipinski definition) is 0. The highest BCUT2D eigenvalue weighted by molar-refractivity contribution is 6.05. The lowest BCUT2D eigenvalue weighted by molar-refractivity contribution is -0.155. The van der Waals surface area contributed by atoms with Crippen LogP contribution < -0.4 is 0 Å². The Morgan fingerprint density at radius 1 is 1.23 bits per heavy atom. The maximum Gasteiger partial charge on any atom is 0.320 e. The van der Waals surface area contributed by atoms with Crippen LogP contribution >= 0.6 is 0 Å². The van der Waals surface area contributed by atoms with Crippen LogP contribution in [-0.4, -0.2) is 23.5 Å². The molecule has 1 saturated heterocycles. The number of rotatable bonds is 4. The Labute approximate surface area is 172 Å². The first-order chi connectivity index (χ1) is 14.3. The monoisotopic (exact) mass is 414 g/mol. The van der Waals surface area contributed by atoms with Gasteiger partial charge in [0.1, 0.15) is 29.2 Å². The molecular formula is C22H22O8. The maximum atomic E-state index is 13.3. The molecule has 0 N–H and O–H groups in total. The number of carbonyl (C=O) groups excluding carboxylic acids is 4. The number of cyclic esters (lactones) is 1. The van der Waals surface area contributed by atoms with Gasteiger partial charge in [0.25, 0.3) is 0 Å². The van der Waals surface area contributed by atoms with Crippen molar-refractivity contribution in [2.75, 3.05) is 0 Å². The normalized spacial score (nSPS) is 26.1. The van der Waals surface area contributed by atoms with Crippen LogP contribution in [-0.2, 0) is 41.5 Å². The van der Waals surface area contributed by atoms with Gasteiger partial charge in [-0.2, -0.15) is 0 Å². The van der Waals surface area contributed by atoms with E-state index in [2.05, 4.69) is 0 Å². The molecule has 3 atom stereocenters. The van der Waals surface area contributed by atoms with Crippen molar-refractivity contribution in [3.63, 3.8) is 0 Å². The number of fused-ring (bicyclic) bond motifs is 1. The van der Waals surface area contributed by atoms with Gasteiger partial charge in [0.15, 0.2) is 5.78 Å². The summed E-state index contributed by atoms with van der Waals surface area (Å²) in [5.74, 6) is -1.09. The van der Waals surface area contributed by atoms with Crippen molar-refractivity contribution in [2.45, 2.75) is 58.2 Å². The summed E-state index contributed by atoms with van der Waals surface area (Å²) in [6, 6.07) is 1.70. The van der Waals surface area contributed by atoms with Crippen molar-refractivity contribution in [3.05, 3.63) is 47.3 Å². The number of carbonyl (C=O) groups is 4.